The molecule has 2 rings (SSSR count). The summed E-state index contributed by atoms with van der Waals surface area (Å²) in [7, 11) is -3.00. The lowest BCUT2D eigenvalue weighted by molar-refractivity contribution is 0.298. The zero-order valence-electron chi connectivity index (χ0n) is 14.7. The number of methoxy groups -OCH3 is 1. The van der Waals surface area contributed by atoms with Crippen molar-refractivity contribution in [2.45, 2.75) is 13.3 Å². The molecular weight excluding hydrogens is 380 g/mol. The monoisotopic (exact) mass is 404 g/mol. The Hall–Kier alpha value is -1.59. The summed E-state index contributed by atoms with van der Waals surface area (Å²) in [5.74, 6) is 2.38. The lowest BCUT2D eigenvalue weighted by Crippen LogP contribution is -2.19. The first-order valence-corrected chi connectivity index (χ1v) is 9.87. The number of fused-ring (bicyclic) bond motifs is 1. The smallest absolute Gasteiger partial charge is 0.394 e. The van der Waals surface area contributed by atoms with E-state index in [2.05, 4.69) is 29.9 Å². The molecule has 1 aromatic heterocycles. The molecule has 10 heteroatoms. The van der Waals surface area contributed by atoms with Crippen LogP contribution in [-0.2, 0) is 10.4 Å². The van der Waals surface area contributed by atoms with Crippen molar-refractivity contribution in [1.82, 2.24) is 10.3 Å². The number of nitrogens with one attached hydrogen (secondary N) is 1. The molecule has 2 aromatic rings. The van der Waals surface area contributed by atoms with Crippen LogP contribution in [0.25, 0.3) is 10.9 Å². The van der Waals surface area contributed by atoms with Gasteiger partial charge in [0, 0.05) is 23.8 Å². The van der Waals surface area contributed by atoms with Gasteiger partial charge in [0.05, 0.1) is 19.2 Å². The topological polar surface area (TPSA) is 118 Å². The molecule has 0 atom stereocenters. The van der Waals surface area contributed by atoms with Gasteiger partial charge in [-0.3, -0.25) is 9.11 Å². The summed E-state index contributed by atoms with van der Waals surface area (Å²) in [5.41, 5.74) is 2.07. The molecule has 26 heavy (non-hydrogen) atoms. The van der Waals surface area contributed by atoms with E-state index in [4.69, 9.17) is 27.0 Å². The fraction of sp³-hybridized carbons (Fsp3) is 0.438. The number of thiol groups is 1. The van der Waals surface area contributed by atoms with E-state index in [-0.39, 0.29) is 0 Å². The number of hydrogen-bond acceptors (Lipinski definition) is 7. The van der Waals surface area contributed by atoms with Crippen molar-refractivity contribution >= 4 is 33.9 Å². The van der Waals surface area contributed by atoms with Crippen molar-refractivity contribution in [1.29, 1.82) is 0 Å². The first-order chi connectivity index (χ1) is 12.2. The summed E-state index contributed by atoms with van der Waals surface area (Å²) < 4.78 is 42.6. The molecule has 0 fully saturated rings. The number of hydrogen-bond donors (Lipinski definition) is 4. The van der Waals surface area contributed by atoms with Crippen molar-refractivity contribution in [2.24, 2.45) is 0 Å². The van der Waals surface area contributed by atoms with Gasteiger partial charge in [-0.1, -0.05) is 0 Å². The van der Waals surface area contributed by atoms with Crippen molar-refractivity contribution in [2.75, 3.05) is 32.6 Å². The van der Waals surface area contributed by atoms with Gasteiger partial charge in [-0.25, -0.2) is 4.98 Å². The minimum atomic E-state index is -4.67. The van der Waals surface area contributed by atoms with E-state index in [0.29, 0.717) is 12.5 Å². The molecule has 0 aliphatic carbocycles. The predicted octanol–water partition coefficient (Wildman–Crippen LogP) is 2.19. The molecule has 0 spiro atoms. The van der Waals surface area contributed by atoms with Gasteiger partial charge in [0.15, 0.2) is 0 Å². The van der Waals surface area contributed by atoms with Gasteiger partial charge in [-0.2, -0.15) is 21.0 Å². The highest BCUT2D eigenvalue weighted by atomic mass is 32.3. The second kappa shape index (κ2) is 11.2. The highest BCUT2D eigenvalue weighted by molar-refractivity contribution is 7.80. The van der Waals surface area contributed by atoms with E-state index >= 15 is 0 Å². The number of rotatable bonds is 8. The van der Waals surface area contributed by atoms with Crippen LogP contribution < -0.4 is 14.8 Å². The summed E-state index contributed by atoms with van der Waals surface area (Å²) in [6, 6.07) is 7.86. The second-order valence-corrected chi connectivity index (χ2v) is 6.63. The van der Waals surface area contributed by atoms with E-state index in [0.717, 1.165) is 47.5 Å². The normalized spacial score (nSPS) is 11.0. The first-order valence-electron chi connectivity index (χ1n) is 7.84. The Balaban J connectivity index is 0.000000597. The van der Waals surface area contributed by atoms with Crippen LogP contribution in [-0.4, -0.2) is 55.1 Å². The van der Waals surface area contributed by atoms with Crippen molar-refractivity contribution in [3.05, 3.63) is 29.8 Å². The molecule has 0 saturated heterocycles. The Morgan fingerprint density at radius 3 is 2.54 bits per heavy atom. The van der Waals surface area contributed by atoms with E-state index < -0.39 is 10.4 Å². The Kier molecular flexibility index (Phi) is 9.66. The SMILES string of the molecule is COc1ccc2nc(OCCCNCCS)cc(C)c2c1.O=S(=O)(O)O. The Bertz CT molecular complexity index is 791. The van der Waals surface area contributed by atoms with Crippen LogP contribution >= 0.6 is 12.6 Å². The van der Waals surface area contributed by atoms with Gasteiger partial charge in [0.25, 0.3) is 0 Å². The molecule has 0 radical (unpaired) electrons. The van der Waals surface area contributed by atoms with Crippen LogP contribution in [0.2, 0.25) is 0 Å². The summed E-state index contributed by atoms with van der Waals surface area (Å²) in [4.78, 5) is 4.54. The van der Waals surface area contributed by atoms with Gasteiger partial charge in [-0.15, -0.1) is 0 Å². The third-order valence-electron chi connectivity index (χ3n) is 3.24. The van der Waals surface area contributed by atoms with E-state index in [1.165, 1.54) is 0 Å². The molecule has 0 bridgehead atoms. The standard InChI is InChI=1S/C16H22N2O2S.H2O4S/c1-12-10-16(20-8-3-6-17-7-9-21)18-15-5-4-13(19-2)11-14(12)15;1-5(2,3)4/h4-5,10-11,17,21H,3,6-9H2,1-2H3;(H2,1,2,3,4). The number of aromatic nitrogens is 1. The number of ether oxygens (including phenoxy) is 2. The third-order valence-corrected chi connectivity index (χ3v) is 3.46. The molecule has 0 unspecified atom stereocenters. The fourth-order valence-corrected chi connectivity index (χ4v) is 2.28. The van der Waals surface area contributed by atoms with Crippen LogP contribution in [0.3, 0.4) is 0 Å². The largest absolute Gasteiger partial charge is 0.497 e. The number of pyridine rings is 1. The Morgan fingerprint density at radius 2 is 1.92 bits per heavy atom. The highest BCUT2D eigenvalue weighted by Crippen LogP contribution is 2.25. The van der Waals surface area contributed by atoms with Gasteiger partial charge in [-0.05, 0) is 43.7 Å². The molecule has 0 amide bonds. The van der Waals surface area contributed by atoms with E-state index in [1.54, 1.807) is 7.11 Å². The van der Waals surface area contributed by atoms with Crippen molar-refractivity contribution < 1.29 is 27.0 Å². The van der Waals surface area contributed by atoms with Crippen LogP contribution in [0.1, 0.15) is 12.0 Å². The molecule has 1 heterocycles. The van der Waals surface area contributed by atoms with Crippen molar-refractivity contribution in [3.8, 4) is 11.6 Å². The number of aryl methyl sites for hydroxylation is 1. The maximum absolute atomic E-state index is 8.74. The molecule has 146 valence electrons. The molecule has 0 aliphatic heterocycles. The Morgan fingerprint density at radius 1 is 1.23 bits per heavy atom. The first kappa shape index (κ1) is 22.5. The van der Waals surface area contributed by atoms with Gasteiger partial charge < -0.3 is 14.8 Å². The zero-order valence-corrected chi connectivity index (χ0v) is 16.4. The summed E-state index contributed by atoms with van der Waals surface area (Å²) in [6.45, 7) is 4.58. The summed E-state index contributed by atoms with van der Waals surface area (Å²) in [6.07, 6.45) is 0.954. The number of benzene rings is 1. The average molecular weight is 405 g/mol. The molecule has 8 nitrogen and oxygen atoms in total. The van der Waals surface area contributed by atoms with Gasteiger partial charge in [0.2, 0.25) is 5.88 Å². The summed E-state index contributed by atoms with van der Waals surface area (Å²) >= 11 is 4.15. The lowest BCUT2D eigenvalue weighted by Gasteiger charge is -2.10. The molecule has 0 aliphatic rings. The minimum Gasteiger partial charge on any atom is -0.497 e. The minimum absolute atomic E-state index is 0.660. The maximum atomic E-state index is 8.74. The lowest BCUT2D eigenvalue weighted by atomic mass is 10.1. The Labute approximate surface area is 158 Å². The van der Waals surface area contributed by atoms with Crippen LogP contribution in [0.5, 0.6) is 11.6 Å². The second-order valence-electron chi connectivity index (χ2n) is 5.28. The molecule has 0 saturated carbocycles. The van der Waals surface area contributed by atoms with E-state index in [9.17, 15) is 0 Å². The maximum Gasteiger partial charge on any atom is 0.394 e. The van der Waals surface area contributed by atoms with Gasteiger partial charge >= 0.3 is 10.4 Å². The number of nitrogens with zero attached hydrogens (tertiary/aromatic N) is 1. The van der Waals surface area contributed by atoms with Crippen molar-refractivity contribution in [3.63, 3.8) is 0 Å². The summed E-state index contributed by atoms with van der Waals surface area (Å²) in [5, 5.41) is 4.38. The average Bonchev–Trinajstić information content (AvgIpc) is 2.56. The van der Waals surface area contributed by atoms with Gasteiger partial charge in [0.1, 0.15) is 5.75 Å². The molecule has 1 aromatic carbocycles. The van der Waals surface area contributed by atoms with Crippen LogP contribution in [0.4, 0.5) is 0 Å². The fourth-order valence-electron chi connectivity index (χ4n) is 2.12. The third kappa shape index (κ3) is 9.20. The van der Waals surface area contributed by atoms with Crippen LogP contribution in [0.15, 0.2) is 24.3 Å². The molecular formula is C16H24N2O6S2. The zero-order chi connectivity index (χ0) is 19.6. The highest BCUT2D eigenvalue weighted by Gasteiger charge is 2.05. The predicted molar refractivity (Wildman–Crippen MR) is 104 cm³/mol. The molecule has 3 N–H and O–H groups in total. The van der Waals surface area contributed by atoms with Crippen LogP contribution in [0, 0.1) is 6.92 Å². The quantitative estimate of drug-likeness (QED) is 0.300. The van der Waals surface area contributed by atoms with E-state index in [1.807, 2.05) is 24.3 Å².